The van der Waals surface area contributed by atoms with E-state index < -0.39 is 0 Å². The minimum absolute atomic E-state index is 0.195. The molecule has 3 aromatic rings. The number of ether oxygens (including phenoxy) is 1. The molecule has 0 amide bonds. The number of para-hydroxylation sites is 1. The Kier molecular flexibility index (Phi) is 4.95. The summed E-state index contributed by atoms with van der Waals surface area (Å²) in [5.41, 5.74) is 1.01. The van der Waals surface area contributed by atoms with Crippen molar-refractivity contribution >= 4 is 19.4 Å². The second kappa shape index (κ2) is 7.52. The Labute approximate surface area is 137 Å². The van der Waals surface area contributed by atoms with Gasteiger partial charge >= 0.3 is 137 Å². The topological polar surface area (TPSA) is 9.23 Å². The average Bonchev–Trinajstić information content (AvgIpc) is 2.58. The molecule has 106 valence electrons. The predicted octanol–water partition coefficient (Wildman–Crippen LogP) is 3.82. The van der Waals surface area contributed by atoms with Crippen LogP contribution in [0.15, 0.2) is 84.9 Å². The van der Waals surface area contributed by atoms with Gasteiger partial charge in [0.15, 0.2) is 0 Å². The molecular formula is C20H14OSe. The molecule has 0 atom stereocenters. The molecule has 0 aliphatic heterocycles. The van der Waals surface area contributed by atoms with Crippen LogP contribution in [0.25, 0.3) is 0 Å². The second-order valence-corrected chi connectivity index (χ2v) is 6.43. The Hall–Kier alpha value is -2.46. The fourth-order valence-corrected chi connectivity index (χ4v) is 3.08. The molecule has 22 heavy (non-hydrogen) atoms. The zero-order valence-corrected chi connectivity index (χ0v) is 13.6. The monoisotopic (exact) mass is 350 g/mol. The Morgan fingerprint density at radius 2 is 1.23 bits per heavy atom. The van der Waals surface area contributed by atoms with Gasteiger partial charge in [0.2, 0.25) is 0 Å². The molecule has 0 radical (unpaired) electrons. The second-order valence-electron chi connectivity index (χ2n) is 4.58. The van der Waals surface area contributed by atoms with E-state index in [2.05, 4.69) is 35.0 Å². The van der Waals surface area contributed by atoms with Crippen LogP contribution < -0.4 is 9.20 Å². The summed E-state index contributed by atoms with van der Waals surface area (Å²) >= 11 is 0.195. The summed E-state index contributed by atoms with van der Waals surface area (Å²) in [6.07, 6.45) is 0. The third-order valence-corrected chi connectivity index (χ3v) is 4.43. The molecule has 0 N–H and O–H groups in total. The molecule has 0 bridgehead atoms. The summed E-state index contributed by atoms with van der Waals surface area (Å²) in [6.45, 7) is 0. The summed E-state index contributed by atoms with van der Waals surface area (Å²) in [6, 6.07) is 28.0. The third-order valence-electron chi connectivity index (χ3n) is 2.94. The number of hydrogen-bond acceptors (Lipinski definition) is 1. The van der Waals surface area contributed by atoms with Gasteiger partial charge in [-0.25, -0.2) is 0 Å². The zero-order chi connectivity index (χ0) is 15.0. The van der Waals surface area contributed by atoms with Crippen molar-refractivity contribution in [1.82, 2.24) is 0 Å². The van der Waals surface area contributed by atoms with Crippen LogP contribution >= 0.6 is 0 Å². The number of rotatable bonds is 3. The van der Waals surface area contributed by atoms with E-state index in [9.17, 15) is 0 Å². The summed E-state index contributed by atoms with van der Waals surface area (Å²) in [7, 11) is 0. The first-order valence-corrected chi connectivity index (χ1v) is 8.67. The normalized spacial score (nSPS) is 9.64. The minimum atomic E-state index is 0.195. The van der Waals surface area contributed by atoms with E-state index in [0.717, 1.165) is 17.1 Å². The third kappa shape index (κ3) is 4.27. The molecule has 0 unspecified atom stereocenters. The van der Waals surface area contributed by atoms with Crippen molar-refractivity contribution in [3.63, 3.8) is 0 Å². The molecule has 3 rings (SSSR count). The molecule has 0 fully saturated rings. The van der Waals surface area contributed by atoms with Gasteiger partial charge in [0.05, 0.1) is 0 Å². The van der Waals surface area contributed by atoms with Crippen LogP contribution in [-0.4, -0.2) is 15.0 Å². The first kappa shape index (κ1) is 14.5. The van der Waals surface area contributed by atoms with Crippen molar-refractivity contribution < 1.29 is 4.74 Å². The van der Waals surface area contributed by atoms with E-state index >= 15 is 0 Å². The first-order chi connectivity index (χ1) is 10.9. The molecule has 0 saturated heterocycles. The predicted molar refractivity (Wildman–Crippen MR) is 91.7 cm³/mol. The van der Waals surface area contributed by atoms with E-state index in [1.54, 1.807) is 0 Å². The Morgan fingerprint density at radius 3 is 1.91 bits per heavy atom. The number of hydrogen-bond donors (Lipinski definition) is 0. The van der Waals surface area contributed by atoms with Crippen molar-refractivity contribution in [2.24, 2.45) is 0 Å². The van der Waals surface area contributed by atoms with Gasteiger partial charge in [-0.15, -0.1) is 0 Å². The zero-order valence-electron chi connectivity index (χ0n) is 11.9. The van der Waals surface area contributed by atoms with Gasteiger partial charge in [-0.05, 0) is 0 Å². The van der Waals surface area contributed by atoms with Crippen LogP contribution in [0.5, 0.6) is 11.5 Å². The Bertz CT molecular complexity index is 769. The maximum absolute atomic E-state index is 5.76. The molecular weight excluding hydrogens is 335 g/mol. The summed E-state index contributed by atoms with van der Waals surface area (Å²) in [5, 5.41) is 0. The van der Waals surface area contributed by atoms with Gasteiger partial charge in [0, 0.05) is 0 Å². The molecule has 3 aromatic carbocycles. The number of benzene rings is 3. The molecule has 0 spiro atoms. The molecule has 2 heteroatoms. The summed E-state index contributed by atoms with van der Waals surface area (Å²) < 4.78 is 7.06. The van der Waals surface area contributed by atoms with Gasteiger partial charge in [0.1, 0.15) is 0 Å². The molecule has 0 aliphatic rings. The van der Waals surface area contributed by atoms with Gasteiger partial charge in [-0.3, -0.25) is 0 Å². The van der Waals surface area contributed by atoms with Crippen LogP contribution in [0.1, 0.15) is 5.56 Å². The molecule has 0 aromatic heterocycles. The Balaban J connectivity index is 1.62. The van der Waals surface area contributed by atoms with Crippen LogP contribution in [0.2, 0.25) is 0 Å². The van der Waals surface area contributed by atoms with Crippen molar-refractivity contribution in [2.75, 3.05) is 0 Å². The van der Waals surface area contributed by atoms with Crippen LogP contribution in [0, 0.1) is 10.7 Å². The first-order valence-electron chi connectivity index (χ1n) is 6.96. The van der Waals surface area contributed by atoms with Gasteiger partial charge < -0.3 is 0 Å². The molecule has 1 nitrogen and oxygen atoms in total. The fourth-order valence-electron chi connectivity index (χ4n) is 1.86. The van der Waals surface area contributed by atoms with Crippen LogP contribution in [0.4, 0.5) is 0 Å². The van der Waals surface area contributed by atoms with Crippen LogP contribution in [0.3, 0.4) is 0 Å². The van der Waals surface area contributed by atoms with Crippen LogP contribution in [-0.2, 0) is 0 Å². The van der Waals surface area contributed by atoms with E-state index in [4.69, 9.17) is 4.74 Å². The Morgan fingerprint density at radius 1 is 0.636 bits per heavy atom. The summed E-state index contributed by atoms with van der Waals surface area (Å²) in [5.74, 6) is 4.87. The van der Waals surface area contributed by atoms with Gasteiger partial charge in [0.25, 0.3) is 0 Å². The van der Waals surface area contributed by atoms with E-state index in [0.29, 0.717) is 0 Å². The molecule has 0 heterocycles. The molecule has 0 saturated carbocycles. The van der Waals surface area contributed by atoms with Crippen molar-refractivity contribution in [1.29, 1.82) is 0 Å². The van der Waals surface area contributed by atoms with Gasteiger partial charge in [-0.1, -0.05) is 0 Å². The van der Waals surface area contributed by atoms with E-state index in [1.807, 2.05) is 60.7 Å². The average molecular weight is 349 g/mol. The van der Waals surface area contributed by atoms with Crippen molar-refractivity contribution in [2.45, 2.75) is 0 Å². The van der Waals surface area contributed by atoms with E-state index in [-0.39, 0.29) is 15.0 Å². The van der Waals surface area contributed by atoms with Crippen molar-refractivity contribution in [3.05, 3.63) is 90.5 Å². The van der Waals surface area contributed by atoms with E-state index in [1.165, 1.54) is 4.46 Å². The van der Waals surface area contributed by atoms with Crippen molar-refractivity contribution in [3.8, 4) is 22.2 Å². The molecule has 0 aliphatic carbocycles. The quantitative estimate of drug-likeness (QED) is 0.516. The van der Waals surface area contributed by atoms with Gasteiger partial charge in [-0.2, -0.15) is 0 Å². The SMILES string of the molecule is C(#Cc1ccc(Oc2ccccc2)cc1)[Se]c1ccccc1. The fraction of sp³-hybridized carbons (Fsp3) is 0. The standard InChI is InChI=1S/C20H14OSe/c1-3-7-18(8-4-1)21-19-13-11-17(12-14-19)15-16-22-20-9-5-2-6-10-20/h1-14H. The summed E-state index contributed by atoms with van der Waals surface area (Å²) in [4.78, 5) is 3.26. The maximum atomic E-state index is 5.76.